The number of hydrogen-bond acceptors (Lipinski definition) is 3. The summed E-state index contributed by atoms with van der Waals surface area (Å²) in [7, 11) is 1.38. The summed E-state index contributed by atoms with van der Waals surface area (Å²) in [5.41, 5.74) is 0. The lowest BCUT2D eigenvalue weighted by atomic mass is 10.1. The van der Waals surface area contributed by atoms with Gasteiger partial charge in [0, 0.05) is 19.3 Å². The van der Waals surface area contributed by atoms with Crippen molar-refractivity contribution in [3.05, 3.63) is 0 Å². The summed E-state index contributed by atoms with van der Waals surface area (Å²) < 4.78 is 4.55. The van der Waals surface area contributed by atoms with E-state index in [1.54, 1.807) is 0 Å². The first-order chi connectivity index (χ1) is 11.7. The van der Waals surface area contributed by atoms with E-state index in [9.17, 15) is 9.59 Å². The van der Waals surface area contributed by atoms with Crippen LogP contribution in [0.15, 0.2) is 0 Å². The summed E-state index contributed by atoms with van der Waals surface area (Å²) in [4.78, 5) is 22.5. The lowest BCUT2D eigenvalue weighted by Crippen LogP contribution is -2.00. The smallest absolute Gasteiger partial charge is 0.305 e. The molecule has 0 unspecified atom stereocenters. The second-order valence-electron chi connectivity index (χ2n) is 6.44. The topological polar surface area (TPSA) is 43.4 Å². The Hall–Kier alpha value is -1.30. The van der Waals surface area contributed by atoms with Crippen LogP contribution in [-0.2, 0) is 14.3 Å². The minimum Gasteiger partial charge on any atom is -0.469 e. The molecule has 0 aliphatic rings. The molecule has 0 bridgehead atoms. The van der Waals surface area contributed by atoms with Gasteiger partial charge in [0.05, 0.1) is 7.11 Å². The molecule has 3 heteroatoms. The molecule has 0 aromatic carbocycles. The van der Waals surface area contributed by atoms with E-state index in [4.69, 9.17) is 0 Å². The SMILES string of the molecule is CCCCCCCCCCCCC#CC(=O)CCCCC(=O)OC. The number of carbonyl (C=O) groups is 2. The van der Waals surface area contributed by atoms with E-state index in [1.165, 1.54) is 64.9 Å². The molecule has 0 fully saturated rings. The minimum absolute atomic E-state index is 0.00746. The van der Waals surface area contributed by atoms with Crippen molar-refractivity contribution in [2.75, 3.05) is 7.11 Å². The molecule has 0 aromatic rings. The van der Waals surface area contributed by atoms with Crippen LogP contribution in [-0.4, -0.2) is 18.9 Å². The molecule has 0 rings (SSSR count). The fraction of sp³-hybridized carbons (Fsp3) is 0.810. The molecular formula is C21H36O3. The van der Waals surface area contributed by atoms with Gasteiger partial charge in [-0.15, -0.1) is 0 Å². The summed E-state index contributed by atoms with van der Waals surface area (Å²) in [6.07, 6.45) is 16.2. The van der Waals surface area contributed by atoms with Gasteiger partial charge in [-0.2, -0.15) is 0 Å². The molecule has 0 aliphatic heterocycles. The Bertz CT molecular complexity index is 376. The van der Waals surface area contributed by atoms with Crippen molar-refractivity contribution in [2.24, 2.45) is 0 Å². The number of Topliss-reactive ketones (excluding diaryl/α,β-unsaturated/α-hetero) is 1. The first-order valence-electron chi connectivity index (χ1n) is 9.79. The number of unbranched alkanes of at least 4 members (excludes halogenated alkanes) is 11. The maximum absolute atomic E-state index is 11.5. The van der Waals surface area contributed by atoms with Crippen molar-refractivity contribution in [1.82, 2.24) is 0 Å². The molecule has 3 nitrogen and oxygen atoms in total. The molecule has 0 aromatic heterocycles. The van der Waals surface area contributed by atoms with Crippen LogP contribution in [0.25, 0.3) is 0 Å². The standard InChI is InChI=1S/C21H36O3/c1-3-4-5-6-7-8-9-10-11-12-13-14-17-20(22)18-15-16-19-21(23)24-2/h3-13,15-16,18-19H2,1-2H3. The Morgan fingerprint density at radius 3 is 1.88 bits per heavy atom. The number of hydrogen-bond donors (Lipinski definition) is 0. The zero-order valence-electron chi connectivity index (χ0n) is 15.8. The number of ketones is 1. The van der Waals surface area contributed by atoms with E-state index in [2.05, 4.69) is 23.5 Å². The molecule has 24 heavy (non-hydrogen) atoms. The largest absolute Gasteiger partial charge is 0.469 e. The van der Waals surface area contributed by atoms with Crippen LogP contribution in [0.5, 0.6) is 0 Å². The van der Waals surface area contributed by atoms with Gasteiger partial charge >= 0.3 is 5.97 Å². The Balaban J connectivity index is 3.34. The highest BCUT2D eigenvalue weighted by atomic mass is 16.5. The zero-order valence-corrected chi connectivity index (χ0v) is 15.8. The van der Waals surface area contributed by atoms with Gasteiger partial charge in [-0.25, -0.2) is 0 Å². The summed E-state index contributed by atoms with van der Waals surface area (Å²) >= 11 is 0. The lowest BCUT2D eigenvalue weighted by Gasteiger charge is -2.00. The van der Waals surface area contributed by atoms with Crippen molar-refractivity contribution in [1.29, 1.82) is 0 Å². The normalized spacial score (nSPS) is 10.1. The number of methoxy groups -OCH3 is 1. The van der Waals surface area contributed by atoms with E-state index >= 15 is 0 Å². The Morgan fingerprint density at radius 2 is 1.29 bits per heavy atom. The van der Waals surface area contributed by atoms with Gasteiger partial charge in [-0.3, -0.25) is 9.59 Å². The molecule has 0 saturated heterocycles. The van der Waals surface area contributed by atoms with Gasteiger partial charge in [-0.1, -0.05) is 70.6 Å². The minimum atomic E-state index is -0.213. The van der Waals surface area contributed by atoms with Crippen molar-refractivity contribution in [2.45, 2.75) is 103 Å². The quantitative estimate of drug-likeness (QED) is 0.169. The van der Waals surface area contributed by atoms with E-state index in [0.717, 1.165) is 12.8 Å². The molecule has 138 valence electrons. The second-order valence-corrected chi connectivity index (χ2v) is 6.44. The second kappa shape index (κ2) is 18.0. The molecule has 0 aliphatic carbocycles. The summed E-state index contributed by atoms with van der Waals surface area (Å²) in [6.45, 7) is 2.25. The summed E-state index contributed by atoms with van der Waals surface area (Å²) in [6, 6.07) is 0. The Morgan fingerprint density at radius 1 is 0.750 bits per heavy atom. The summed E-state index contributed by atoms with van der Waals surface area (Å²) in [5.74, 6) is 5.47. The maximum atomic E-state index is 11.5. The van der Waals surface area contributed by atoms with Crippen LogP contribution in [0.4, 0.5) is 0 Å². The number of rotatable bonds is 15. The van der Waals surface area contributed by atoms with Gasteiger partial charge in [0.15, 0.2) is 0 Å². The number of ether oxygens (including phenoxy) is 1. The van der Waals surface area contributed by atoms with Crippen molar-refractivity contribution >= 4 is 11.8 Å². The number of esters is 1. The third-order valence-electron chi connectivity index (χ3n) is 4.15. The third kappa shape index (κ3) is 17.1. The highest BCUT2D eigenvalue weighted by Crippen LogP contribution is 2.11. The van der Waals surface area contributed by atoms with Crippen LogP contribution >= 0.6 is 0 Å². The van der Waals surface area contributed by atoms with Crippen molar-refractivity contribution in [3.63, 3.8) is 0 Å². The fourth-order valence-electron chi connectivity index (χ4n) is 2.58. The first kappa shape index (κ1) is 22.7. The Labute approximate surface area is 148 Å². The Kier molecular flexibility index (Phi) is 17.1. The predicted octanol–water partition coefficient (Wildman–Crippen LogP) is 5.60. The van der Waals surface area contributed by atoms with Gasteiger partial charge < -0.3 is 4.74 Å². The highest BCUT2D eigenvalue weighted by Gasteiger charge is 2.01. The van der Waals surface area contributed by atoms with E-state index in [-0.39, 0.29) is 11.8 Å². The van der Waals surface area contributed by atoms with Crippen LogP contribution in [0, 0.1) is 11.8 Å². The molecule has 0 radical (unpaired) electrons. The van der Waals surface area contributed by atoms with Gasteiger partial charge in [-0.05, 0) is 25.2 Å². The monoisotopic (exact) mass is 336 g/mol. The van der Waals surface area contributed by atoms with E-state index < -0.39 is 0 Å². The van der Waals surface area contributed by atoms with Crippen LogP contribution < -0.4 is 0 Å². The van der Waals surface area contributed by atoms with Gasteiger partial charge in [0.2, 0.25) is 5.78 Å². The van der Waals surface area contributed by atoms with Crippen LogP contribution in [0.1, 0.15) is 103 Å². The molecular weight excluding hydrogens is 300 g/mol. The maximum Gasteiger partial charge on any atom is 0.305 e. The first-order valence-corrected chi connectivity index (χ1v) is 9.79. The number of carbonyl (C=O) groups excluding carboxylic acids is 2. The van der Waals surface area contributed by atoms with Gasteiger partial charge in [0.1, 0.15) is 0 Å². The molecule has 0 atom stereocenters. The van der Waals surface area contributed by atoms with E-state index in [1.807, 2.05) is 0 Å². The summed E-state index contributed by atoms with van der Waals surface area (Å²) in [5, 5.41) is 0. The third-order valence-corrected chi connectivity index (χ3v) is 4.15. The average Bonchev–Trinajstić information content (AvgIpc) is 2.59. The molecule has 0 spiro atoms. The fourth-order valence-corrected chi connectivity index (χ4v) is 2.58. The van der Waals surface area contributed by atoms with Crippen LogP contribution in [0.2, 0.25) is 0 Å². The molecule has 0 N–H and O–H groups in total. The highest BCUT2D eigenvalue weighted by molar-refractivity contribution is 5.95. The lowest BCUT2D eigenvalue weighted by molar-refractivity contribution is -0.140. The van der Waals surface area contributed by atoms with Crippen molar-refractivity contribution < 1.29 is 14.3 Å². The molecule has 0 heterocycles. The molecule has 0 saturated carbocycles. The zero-order chi connectivity index (χ0) is 17.9. The molecule has 0 amide bonds. The van der Waals surface area contributed by atoms with Gasteiger partial charge in [0.25, 0.3) is 0 Å². The van der Waals surface area contributed by atoms with E-state index in [0.29, 0.717) is 25.7 Å². The van der Waals surface area contributed by atoms with Crippen LogP contribution in [0.3, 0.4) is 0 Å². The predicted molar refractivity (Wildman–Crippen MR) is 99.7 cm³/mol. The van der Waals surface area contributed by atoms with Crippen molar-refractivity contribution in [3.8, 4) is 11.8 Å². The average molecular weight is 337 g/mol.